The van der Waals surface area contributed by atoms with Gasteiger partial charge in [0.25, 0.3) is 0 Å². The largest absolute Gasteiger partial charge is 0.379 e. The van der Waals surface area contributed by atoms with E-state index in [9.17, 15) is 0 Å². The molecule has 1 saturated heterocycles. The summed E-state index contributed by atoms with van der Waals surface area (Å²) in [5.41, 5.74) is 5.77. The minimum Gasteiger partial charge on any atom is -0.379 e. The lowest BCUT2D eigenvalue weighted by Gasteiger charge is -2.26. The Morgan fingerprint density at radius 3 is 2.75 bits per heavy atom. The molecule has 0 atom stereocenters. The molecule has 0 amide bonds. The number of guanidine groups is 1. The van der Waals surface area contributed by atoms with E-state index >= 15 is 0 Å². The van der Waals surface area contributed by atoms with Crippen LogP contribution < -0.4 is 11.1 Å². The molecule has 0 spiro atoms. The molecule has 1 aliphatic heterocycles. The third kappa shape index (κ3) is 10.3. The highest BCUT2D eigenvalue weighted by Crippen LogP contribution is 1.98. The minimum atomic E-state index is 0. The van der Waals surface area contributed by atoms with Crippen LogP contribution in [0.3, 0.4) is 0 Å². The van der Waals surface area contributed by atoms with Crippen LogP contribution in [0.5, 0.6) is 0 Å². The number of aliphatic imine (C=N–C) groups is 1. The number of morpholine rings is 1. The van der Waals surface area contributed by atoms with Gasteiger partial charge in [-0.05, 0) is 19.3 Å². The Hall–Kier alpha value is -0.520. The quantitative estimate of drug-likeness (QED) is 0.212. The van der Waals surface area contributed by atoms with Gasteiger partial charge in [-0.1, -0.05) is 0 Å². The molecule has 1 rings (SSSR count). The SMILES string of the molecule is C#CCCCCNC(N)=NCCCN1CCOCC1.I. The number of terminal acetylenes is 1. The average Bonchev–Trinajstić information content (AvgIpc) is 2.44. The Labute approximate surface area is 139 Å². The molecule has 5 nitrogen and oxygen atoms in total. The van der Waals surface area contributed by atoms with Crippen molar-refractivity contribution >= 4 is 29.9 Å². The van der Waals surface area contributed by atoms with Crippen molar-refractivity contribution in [1.82, 2.24) is 10.2 Å². The lowest BCUT2D eigenvalue weighted by Crippen LogP contribution is -2.37. The van der Waals surface area contributed by atoms with Crippen molar-refractivity contribution in [3.63, 3.8) is 0 Å². The summed E-state index contributed by atoms with van der Waals surface area (Å²) in [4.78, 5) is 6.72. The van der Waals surface area contributed by atoms with Crippen LogP contribution in [-0.2, 0) is 4.74 Å². The van der Waals surface area contributed by atoms with Crippen LogP contribution in [-0.4, -0.2) is 56.8 Å². The van der Waals surface area contributed by atoms with E-state index in [1.54, 1.807) is 0 Å². The van der Waals surface area contributed by atoms with Gasteiger partial charge in [0.05, 0.1) is 13.2 Å². The molecule has 0 radical (unpaired) electrons. The standard InChI is InChI=1S/C14H26N4O.HI/c1-2-3-4-5-7-16-14(15)17-8-6-9-18-10-12-19-13-11-18;/h1H,3-13H2,(H3,15,16,17);1H. The lowest BCUT2D eigenvalue weighted by molar-refractivity contribution is 0.0377. The average molecular weight is 394 g/mol. The number of nitrogens with one attached hydrogen (secondary N) is 1. The maximum absolute atomic E-state index is 5.77. The second-order valence-electron chi connectivity index (χ2n) is 4.66. The van der Waals surface area contributed by atoms with Crippen molar-refractivity contribution < 1.29 is 4.74 Å². The highest BCUT2D eigenvalue weighted by molar-refractivity contribution is 14.0. The summed E-state index contributed by atoms with van der Waals surface area (Å²) >= 11 is 0. The molecular weight excluding hydrogens is 367 g/mol. The van der Waals surface area contributed by atoms with E-state index < -0.39 is 0 Å². The molecule has 0 aromatic carbocycles. The van der Waals surface area contributed by atoms with E-state index in [0.29, 0.717) is 5.96 Å². The number of nitrogens with two attached hydrogens (primary N) is 1. The molecule has 6 heteroatoms. The second kappa shape index (κ2) is 13.5. The Balaban J connectivity index is 0.00000361. The van der Waals surface area contributed by atoms with E-state index in [-0.39, 0.29) is 24.0 Å². The van der Waals surface area contributed by atoms with Crippen molar-refractivity contribution in [2.24, 2.45) is 10.7 Å². The number of rotatable bonds is 8. The Morgan fingerprint density at radius 2 is 2.05 bits per heavy atom. The van der Waals surface area contributed by atoms with Crippen molar-refractivity contribution in [3.8, 4) is 12.3 Å². The predicted molar refractivity (Wildman–Crippen MR) is 94.5 cm³/mol. The highest BCUT2D eigenvalue weighted by atomic mass is 127. The van der Waals surface area contributed by atoms with Gasteiger partial charge in [0.15, 0.2) is 5.96 Å². The fourth-order valence-corrected chi connectivity index (χ4v) is 1.94. The summed E-state index contributed by atoms with van der Waals surface area (Å²) in [6.45, 7) is 6.47. The van der Waals surface area contributed by atoms with Gasteiger partial charge in [0, 0.05) is 39.1 Å². The number of ether oxygens (including phenoxy) is 1. The molecule has 0 bridgehead atoms. The zero-order valence-corrected chi connectivity index (χ0v) is 14.5. The van der Waals surface area contributed by atoms with Crippen LogP contribution in [0.1, 0.15) is 25.7 Å². The van der Waals surface area contributed by atoms with E-state index in [1.807, 2.05) is 0 Å². The monoisotopic (exact) mass is 394 g/mol. The maximum atomic E-state index is 5.77. The first-order valence-electron chi connectivity index (χ1n) is 7.10. The molecule has 3 N–H and O–H groups in total. The summed E-state index contributed by atoms with van der Waals surface area (Å²) < 4.78 is 5.30. The van der Waals surface area contributed by atoms with Gasteiger partial charge in [-0.15, -0.1) is 36.3 Å². The van der Waals surface area contributed by atoms with Gasteiger partial charge >= 0.3 is 0 Å². The van der Waals surface area contributed by atoms with Gasteiger partial charge in [-0.25, -0.2) is 0 Å². The Morgan fingerprint density at radius 1 is 1.30 bits per heavy atom. The number of halogens is 1. The summed E-state index contributed by atoms with van der Waals surface area (Å²) in [5.74, 6) is 3.17. The summed E-state index contributed by atoms with van der Waals surface area (Å²) in [6.07, 6.45) is 9.13. The van der Waals surface area contributed by atoms with E-state index in [2.05, 4.69) is 21.1 Å². The third-order valence-corrected chi connectivity index (χ3v) is 3.07. The van der Waals surface area contributed by atoms with E-state index in [4.69, 9.17) is 16.9 Å². The Bertz CT molecular complexity index is 298. The molecule has 1 aliphatic rings. The first kappa shape index (κ1) is 19.5. The first-order chi connectivity index (χ1) is 9.33. The van der Waals surface area contributed by atoms with Gasteiger partial charge < -0.3 is 15.8 Å². The van der Waals surface area contributed by atoms with Gasteiger partial charge in [-0.2, -0.15) is 0 Å². The third-order valence-electron chi connectivity index (χ3n) is 3.07. The van der Waals surface area contributed by atoms with Gasteiger partial charge in [0.2, 0.25) is 0 Å². The highest BCUT2D eigenvalue weighted by Gasteiger charge is 2.08. The zero-order valence-electron chi connectivity index (χ0n) is 12.1. The molecule has 20 heavy (non-hydrogen) atoms. The summed E-state index contributed by atoms with van der Waals surface area (Å²) in [5, 5.41) is 3.11. The van der Waals surface area contributed by atoms with Crippen LogP contribution in [0, 0.1) is 12.3 Å². The molecule has 0 saturated carbocycles. The number of nitrogens with zero attached hydrogens (tertiary/aromatic N) is 2. The molecular formula is C14H27IN4O. The predicted octanol–water partition coefficient (Wildman–Crippen LogP) is 1.03. The first-order valence-corrected chi connectivity index (χ1v) is 7.10. The fraction of sp³-hybridized carbons (Fsp3) is 0.786. The molecule has 1 fully saturated rings. The van der Waals surface area contributed by atoms with Crippen LogP contribution >= 0.6 is 24.0 Å². The van der Waals surface area contributed by atoms with Crippen LogP contribution in [0.25, 0.3) is 0 Å². The topological polar surface area (TPSA) is 62.9 Å². The smallest absolute Gasteiger partial charge is 0.188 e. The maximum Gasteiger partial charge on any atom is 0.188 e. The summed E-state index contributed by atoms with van der Waals surface area (Å²) in [6, 6.07) is 0. The summed E-state index contributed by atoms with van der Waals surface area (Å²) in [7, 11) is 0. The van der Waals surface area contributed by atoms with Gasteiger partial charge in [-0.3, -0.25) is 9.89 Å². The van der Waals surface area contributed by atoms with Crippen LogP contribution in [0.4, 0.5) is 0 Å². The number of unbranched alkanes of at least 4 members (excludes halogenated alkanes) is 2. The van der Waals surface area contributed by atoms with E-state index in [1.165, 1.54) is 0 Å². The number of hydrogen-bond donors (Lipinski definition) is 2. The molecule has 0 aliphatic carbocycles. The van der Waals surface area contributed by atoms with Crippen molar-refractivity contribution in [2.75, 3.05) is 45.9 Å². The second-order valence-corrected chi connectivity index (χ2v) is 4.66. The van der Waals surface area contributed by atoms with Crippen LogP contribution in [0.15, 0.2) is 4.99 Å². The number of hydrogen-bond acceptors (Lipinski definition) is 3. The molecule has 0 unspecified atom stereocenters. The van der Waals surface area contributed by atoms with E-state index in [0.717, 1.165) is 71.6 Å². The minimum absolute atomic E-state index is 0. The van der Waals surface area contributed by atoms with Crippen molar-refractivity contribution in [2.45, 2.75) is 25.7 Å². The van der Waals surface area contributed by atoms with Crippen molar-refractivity contribution in [1.29, 1.82) is 0 Å². The molecule has 116 valence electrons. The fourth-order valence-electron chi connectivity index (χ4n) is 1.94. The zero-order chi connectivity index (χ0) is 13.8. The Kier molecular flexibility index (Phi) is 13.1. The van der Waals surface area contributed by atoms with Gasteiger partial charge in [0.1, 0.15) is 0 Å². The lowest BCUT2D eigenvalue weighted by atomic mass is 10.2. The molecule has 0 aromatic rings. The molecule has 1 heterocycles. The molecule has 0 aromatic heterocycles. The normalized spacial score (nSPS) is 16.2. The van der Waals surface area contributed by atoms with Crippen LogP contribution in [0.2, 0.25) is 0 Å². The van der Waals surface area contributed by atoms with Crippen molar-refractivity contribution in [3.05, 3.63) is 0 Å².